The van der Waals surface area contributed by atoms with Crippen LogP contribution in [0, 0.1) is 5.82 Å². The number of halogens is 1. The van der Waals surface area contributed by atoms with Gasteiger partial charge in [-0.15, -0.1) is 0 Å². The Bertz CT molecular complexity index is 637. The summed E-state index contributed by atoms with van der Waals surface area (Å²) in [7, 11) is 0. The average Bonchev–Trinajstić information content (AvgIpc) is 2.88. The molecule has 2 N–H and O–H groups in total. The van der Waals surface area contributed by atoms with E-state index in [2.05, 4.69) is 18.2 Å². The smallest absolute Gasteiger partial charge is 0.137 e. The number of nitrogens with two attached hydrogens (primary N) is 1. The normalized spacial score (nSPS) is 15.2. The first-order chi connectivity index (χ1) is 9.63. The van der Waals surface area contributed by atoms with Gasteiger partial charge in [0, 0.05) is 15.8 Å². The van der Waals surface area contributed by atoms with Crippen molar-refractivity contribution < 1.29 is 4.39 Å². The SMILES string of the molecule is C[C@@H](N)c1ccc(Sc2ccc3c(c2)CCC3)c(F)c1. The third-order valence-corrected chi connectivity index (χ3v) is 4.82. The van der Waals surface area contributed by atoms with Crippen molar-refractivity contribution in [1.29, 1.82) is 0 Å². The molecule has 0 saturated carbocycles. The van der Waals surface area contributed by atoms with E-state index in [-0.39, 0.29) is 11.9 Å². The second-order valence-electron chi connectivity index (χ2n) is 5.36. The Kier molecular flexibility index (Phi) is 3.81. The van der Waals surface area contributed by atoms with Gasteiger partial charge in [-0.2, -0.15) is 0 Å². The van der Waals surface area contributed by atoms with Gasteiger partial charge >= 0.3 is 0 Å². The largest absolute Gasteiger partial charge is 0.324 e. The molecule has 0 saturated heterocycles. The summed E-state index contributed by atoms with van der Waals surface area (Å²) in [6, 6.07) is 11.6. The molecule has 1 aliphatic rings. The molecule has 0 fully saturated rings. The second-order valence-corrected chi connectivity index (χ2v) is 6.48. The number of rotatable bonds is 3. The van der Waals surface area contributed by atoms with Gasteiger partial charge in [0.05, 0.1) is 0 Å². The van der Waals surface area contributed by atoms with Crippen molar-refractivity contribution in [3.05, 3.63) is 58.9 Å². The molecule has 2 aromatic rings. The maximum absolute atomic E-state index is 14.1. The van der Waals surface area contributed by atoms with Crippen LogP contribution in [0.25, 0.3) is 0 Å². The van der Waals surface area contributed by atoms with Crippen LogP contribution >= 0.6 is 11.8 Å². The fourth-order valence-corrected chi connectivity index (χ4v) is 3.51. The molecule has 0 bridgehead atoms. The van der Waals surface area contributed by atoms with E-state index in [1.807, 2.05) is 19.1 Å². The number of aryl methyl sites for hydroxylation is 2. The van der Waals surface area contributed by atoms with Crippen LogP contribution in [0.5, 0.6) is 0 Å². The Balaban J connectivity index is 1.84. The highest BCUT2D eigenvalue weighted by Gasteiger charge is 2.12. The minimum Gasteiger partial charge on any atom is -0.324 e. The first-order valence-electron chi connectivity index (χ1n) is 6.98. The average molecular weight is 287 g/mol. The molecule has 3 heteroatoms. The molecule has 2 aromatic carbocycles. The fraction of sp³-hybridized carbons (Fsp3) is 0.294. The molecule has 0 aliphatic heterocycles. The van der Waals surface area contributed by atoms with E-state index < -0.39 is 0 Å². The molecule has 20 heavy (non-hydrogen) atoms. The highest BCUT2D eigenvalue weighted by molar-refractivity contribution is 7.99. The highest BCUT2D eigenvalue weighted by Crippen LogP contribution is 2.34. The molecule has 1 nitrogen and oxygen atoms in total. The van der Waals surface area contributed by atoms with Gasteiger partial charge in [-0.25, -0.2) is 4.39 Å². The Morgan fingerprint density at radius 1 is 1.10 bits per heavy atom. The lowest BCUT2D eigenvalue weighted by Gasteiger charge is -2.09. The minimum absolute atomic E-state index is 0.136. The van der Waals surface area contributed by atoms with Crippen molar-refractivity contribution >= 4 is 11.8 Å². The molecule has 0 spiro atoms. The summed E-state index contributed by atoms with van der Waals surface area (Å²) in [6.07, 6.45) is 3.56. The lowest BCUT2D eigenvalue weighted by molar-refractivity contribution is 0.596. The van der Waals surface area contributed by atoms with Crippen molar-refractivity contribution in [1.82, 2.24) is 0 Å². The molecule has 104 valence electrons. The number of hydrogen-bond donors (Lipinski definition) is 1. The predicted octanol–water partition coefficient (Wildman–Crippen LogP) is 4.49. The van der Waals surface area contributed by atoms with Crippen LogP contribution in [0.4, 0.5) is 4.39 Å². The van der Waals surface area contributed by atoms with Gasteiger partial charge in [-0.05, 0) is 67.1 Å². The third-order valence-electron chi connectivity index (χ3n) is 3.78. The van der Waals surface area contributed by atoms with Crippen molar-refractivity contribution in [2.45, 2.75) is 42.0 Å². The molecule has 1 atom stereocenters. The molecule has 0 heterocycles. The zero-order chi connectivity index (χ0) is 14.1. The van der Waals surface area contributed by atoms with Gasteiger partial charge in [0.2, 0.25) is 0 Å². The molecule has 1 aliphatic carbocycles. The van der Waals surface area contributed by atoms with Crippen LogP contribution in [0.15, 0.2) is 46.2 Å². The van der Waals surface area contributed by atoms with Crippen molar-refractivity contribution in [3.63, 3.8) is 0 Å². The van der Waals surface area contributed by atoms with Crippen LogP contribution < -0.4 is 5.73 Å². The first kappa shape index (κ1) is 13.7. The van der Waals surface area contributed by atoms with Crippen LogP contribution in [0.3, 0.4) is 0 Å². The maximum Gasteiger partial charge on any atom is 0.137 e. The second kappa shape index (κ2) is 5.58. The van der Waals surface area contributed by atoms with Gasteiger partial charge < -0.3 is 5.73 Å². The quantitative estimate of drug-likeness (QED) is 0.900. The third kappa shape index (κ3) is 2.74. The lowest BCUT2D eigenvalue weighted by Crippen LogP contribution is -2.05. The van der Waals surface area contributed by atoms with Crippen molar-refractivity contribution in [3.8, 4) is 0 Å². The fourth-order valence-electron chi connectivity index (χ4n) is 2.62. The Hall–Kier alpha value is -1.32. The maximum atomic E-state index is 14.1. The summed E-state index contributed by atoms with van der Waals surface area (Å²) in [4.78, 5) is 1.77. The van der Waals surface area contributed by atoms with E-state index in [1.54, 1.807) is 6.07 Å². The summed E-state index contributed by atoms with van der Waals surface area (Å²) in [5.41, 5.74) is 9.47. The van der Waals surface area contributed by atoms with E-state index in [0.29, 0.717) is 4.90 Å². The van der Waals surface area contributed by atoms with E-state index in [4.69, 9.17) is 5.73 Å². The first-order valence-corrected chi connectivity index (χ1v) is 7.80. The lowest BCUT2D eigenvalue weighted by atomic mass is 10.1. The molecule has 3 rings (SSSR count). The summed E-state index contributed by atoms with van der Waals surface area (Å²) >= 11 is 1.48. The van der Waals surface area contributed by atoms with Crippen LogP contribution in [0.2, 0.25) is 0 Å². The summed E-state index contributed by atoms with van der Waals surface area (Å²) in [5.74, 6) is -0.190. The topological polar surface area (TPSA) is 26.0 Å². The number of benzene rings is 2. The number of hydrogen-bond acceptors (Lipinski definition) is 2. The van der Waals surface area contributed by atoms with E-state index in [0.717, 1.165) is 16.9 Å². The zero-order valence-corrected chi connectivity index (χ0v) is 12.3. The summed E-state index contributed by atoms with van der Waals surface area (Å²) < 4.78 is 14.1. The zero-order valence-electron chi connectivity index (χ0n) is 11.5. The van der Waals surface area contributed by atoms with Crippen LogP contribution in [0.1, 0.15) is 36.1 Å². The van der Waals surface area contributed by atoms with Crippen LogP contribution in [-0.4, -0.2) is 0 Å². The Labute approximate surface area is 123 Å². The predicted molar refractivity (Wildman–Crippen MR) is 81.6 cm³/mol. The van der Waals surface area contributed by atoms with E-state index in [9.17, 15) is 4.39 Å². The molecule has 0 radical (unpaired) electrons. The highest BCUT2D eigenvalue weighted by atomic mass is 32.2. The van der Waals surface area contributed by atoms with Crippen LogP contribution in [-0.2, 0) is 12.8 Å². The Morgan fingerprint density at radius 3 is 2.65 bits per heavy atom. The molecule has 0 aromatic heterocycles. The van der Waals surface area contributed by atoms with Gasteiger partial charge in [-0.3, -0.25) is 0 Å². The molecular formula is C17H18FNS. The molecule has 0 amide bonds. The van der Waals surface area contributed by atoms with Gasteiger partial charge in [0.1, 0.15) is 5.82 Å². The summed E-state index contributed by atoms with van der Waals surface area (Å²) in [6.45, 7) is 1.86. The molecular weight excluding hydrogens is 269 g/mol. The number of fused-ring (bicyclic) bond motifs is 1. The van der Waals surface area contributed by atoms with E-state index >= 15 is 0 Å². The Morgan fingerprint density at radius 2 is 1.90 bits per heavy atom. The standard InChI is InChI=1S/C17H18FNS/c1-11(19)13-6-8-17(16(18)10-13)20-15-7-5-12-3-2-4-14(12)9-15/h5-11H,2-4,19H2,1H3/t11-/m1/s1. The monoisotopic (exact) mass is 287 g/mol. The van der Waals surface area contributed by atoms with Crippen molar-refractivity contribution in [2.24, 2.45) is 5.73 Å². The van der Waals surface area contributed by atoms with Crippen molar-refractivity contribution in [2.75, 3.05) is 0 Å². The van der Waals surface area contributed by atoms with Gasteiger partial charge in [0.25, 0.3) is 0 Å². The van der Waals surface area contributed by atoms with Gasteiger partial charge in [-0.1, -0.05) is 23.9 Å². The molecule has 0 unspecified atom stereocenters. The van der Waals surface area contributed by atoms with E-state index in [1.165, 1.54) is 35.7 Å². The summed E-state index contributed by atoms with van der Waals surface area (Å²) in [5, 5.41) is 0. The minimum atomic E-state index is -0.190. The van der Waals surface area contributed by atoms with Gasteiger partial charge in [0.15, 0.2) is 0 Å².